The smallest absolute Gasteiger partial charge is 0.224 e. The van der Waals surface area contributed by atoms with Crippen LogP contribution in [0, 0.1) is 5.82 Å². The number of aliphatic hydroxyl groups excluding tert-OH is 1. The Morgan fingerprint density at radius 2 is 2.00 bits per heavy atom. The van der Waals surface area contributed by atoms with E-state index in [0.29, 0.717) is 6.54 Å². The minimum atomic E-state index is -0.289. The van der Waals surface area contributed by atoms with Crippen molar-refractivity contribution in [1.29, 1.82) is 0 Å². The van der Waals surface area contributed by atoms with E-state index in [4.69, 9.17) is 5.11 Å². The fourth-order valence-corrected chi connectivity index (χ4v) is 1.24. The summed E-state index contributed by atoms with van der Waals surface area (Å²) >= 11 is 0. The Bertz CT molecular complexity index is 324. The Morgan fingerprint density at radius 1 is 1.40 bits per heavy atom. The molecule has 1 aromatic rings. The monoisotopic (exact) mass is 211 g/mol. The number of hydrogen-bond acceptors (Lipinski definition) is 2. The number of aliphatic hydroxyl groups is 1. The van der Waals surface area contributed by atoms with E-state index in [-0.39, 0.29) is 24.8 Å². The normalized spacial score (nSPS) is 10.1. The molecule has 0 aliphatic heterocycles. The highest BCUT2D eigenvalue weighted by atomic mass is 19.1. The average Bonchev–Trinajstić information content (AvgIpc) is 2.22. The molecule has 0 atom stereocenters. The Balaban J connectivity index is 2.54. The summed E-state index contributed by atoms with van der Waals surface area (Å²) < 4.78 is 12.6. The van der Waals surface area contributed by atoms with Gasteiger partial charge in [0, 0.05) is 20.0 Å². The van der Waals surface area contributed by atoms with E-state index in [2.05, 4.69) is 0 Å². The zero-order valence-electron chi connectivity index (χ0n) is 8.61. The predicted octanol–water partition coefficient (Wildman–Crippen LogP) is 1.17. The lowest BCUT2D eigenvalue weighted by Crippen LogP contribution is -2.26. The van der Waals surface area contributed by atoms with Crippen molar-refractivity contribution in [3.8, 4) is 0 Å². The quantitative estimate of drug-likeness (QED) is 0.812. The van der Waals surface area contributed by atoms with E-state index in [1.54, 1.807) is 19.2 Å². The Hall–Kier alpha value is -1.42. The maximum Gasteiger partial charge on any atom is 0.224 e. The largest absolute Gasteiger partial charge is 0.396 e. The topological polar surface area (TPSA) is 40.5 Å². The van der Waals surface area contributed by atoms with Gasteiger partial charge in [-0.3, -0.25) is 4.79 Å². The fourth-order valence-electron chi connectivity index (χ4n) is 1.24. The zero-order valence-corrected chi connectivity index (χ0v) is 8.61. The summed E-state index contributed by atoms with van der Waals surface area (Å²) in [4.78, 5) is 12.8. The molecular weight excluding hydrogens is 197 g/mol. The summed E-state index contributed by atoms with van der Waals surface area (Å²) in [5.74, 6) is -0.412. The van der Waals surface area contributed by atoms with E-state index >= 15 is 0 Å². The van der Waals surface area contributed by atoms with Crippen molar-refractivity contribution in [2.75, 3.05) is 13.7 Å². The Morgan fingerprint density at radius 3 is 2.53 bits per heavy atom. The third-order valence-corrected chi connectivity index (χ3v) is 2.08. The molecule has 4 heteroatoms. The molecule has 0 fully saturated rings. The summed E-state index contributed by atoms with van der Waals surface area (Å²) in [5, 5.41) is 8.59. The van der Waals surface area contributed by atoms with Crippen molar-refractivity contribution in [3.05, 3.63) is 35.6 Å². The summed E-state index contributed by atoms with van der Waals surface area (Å²) in [7, 11) is 1.65. The molecule has 0 radical (unpaired) electrons. The molecular formula is C11H14FNO2. The van der Waals surface area contributed by atoms with E-state index < -0.39 is 0 Å². The van der Waals surface area contributed by atoms with Crippen LogP contribution >= 0.6 is 0 Å². The fraction of sp³-hybridized carbons (Fsp3) is 0.364. The van der Waals surface area contributed by atoms with Crippen molar-refractivity contribution in [2.45, 2.75) is 13.0 Å². The van der Waals surface area contributed by atoms with Crippen LogP contribution in [0.25, 0.3) is 0 Å². The van der Waals surface area contributed by atoms with Crippen LogP contribution in [0.4, 0.5) is 4.39 Å². The van der Waals surface area contributed by atoms with Crippen molar-refractivity contribution in [3.63, 3.8) is 0 Å². The number of hydrogen-bond donors (Lipinski definition) is 1. The second kappa shape index (κ2) is 5.46. The van der Waals surface area contributed by atoms with Gasteiger partial charge in [-0.15, -0.1) is 0 Å². The number of rotatable bonds is 4. The van der Waals surface area contributed by atoms with Crippen molar-refractivity contribution in [1.82, 2.24) is 4.90 Å². The van der Waals surface area contributed by atoms with Crippen molar-refractivity contribution < 1.29 is 14.3 Å². The van der Waals surface area contributed by atoms with Crippen LogP contribution in [-0.2, 0) is 11.3 Å². The molecule has 0 unspecified atom stereocenters. The summed E-state index contributed by atoms with van der Waals surface area (Å²) in [6.07, 6.45) is 0.123. The minimum absolute atomic E-state index is 0.123. The number of carbonyl (C=O) groups excluding carboxylic acids is 1. The third kappa shape index (κ3) is 3.67. The molecule has 82 valence electrons. The molecule has 0 spiro atoms. The standard InChI is InChI=1S/C11H14FNO2/c1-13(11(15)6-7-14)8-9-2-4-10(12)5-3-9/h2-5,14H,6-8H2,1H3. The first-order chi connectivity index (χ1) is 7.13. The molecule has 1 N–H and O–H groups in total. The molecule has 0 aliphatic carbocycles. The van der Waals surface area contributed by atoms with E-state index in [9.17, 15) is 9.18 Å². The predicted molar refractivity (Wildman–Crippen MR) is 54.6 cm³/mol. The lowest BCUT2D eigenvalue weighted by molar-refractivity contribution is -0.131. The molecule has 0 saturated heterocycles. The molecule has 1 amide bonds. The third-order valence-electron chi connectivity index (χ3n) is 2.08. The van der Waals surface area contributed by atoms with Crippen LogP contribution in [0.5, 0.6) is 0 Å². The number of benzene rings is 1. The second-order valence-electron chi connectivity index (χ2n) is 3.35. The molecule has 0 heterocycles. The van der Waals surface area contributed by atoms with Gasteiger partial charge in [-0.25, -0.2) is 4.39 Å². The number of nitrogens with zero attached hydrogens (tertiary/aromatic N) is 1. The van der Waals surface area contributed by atoms with Crippen LogP contribution < -0.4 is 0 Å². The maximum atomic E-state index is 12.6. The molecule has 0 saturated carbocycles. The van der Waals surface area contributed by atoms with Gasteiger partial charge in [-0.05, 0) is 17.7 Å². The highest BCUT2D eigenvalue weighted by molar-refractivity contribution is 5.75. The zero-order chi connectivity index (χ0) is 11.3. The summed E-state index contributed by atoms with van der Waals surface area (Å²) in [5.41, 5.74) is 0.866. The van der Waals surface area contributed by atoms with Gasteiger partial charge in [-0.2, -0.15) is 0 Å². The summed E-state index contributed by atoms with van der Waals surface area (Å²) in [6.45, 7) is 0.283. The minimum Gasteiger partial charge on any atom is -0.396 e. The van der Waals surface area contributed by atoms with Crippen molar-refractivity contribution in [2.24, 2.45) is 0 Å². The molecule has 0 bridgehead atoms. The van der Waals surface area contributed by atoms with E-state index in [1.807, 2.05) is 0 Å². The first-order valence-electron chi connectivity index (χ1n) is 4.72. The number of amides is 1. The van der Waals surface area contributed by atoms with Gasteiger partial charge in [0.15, 0.2) is 0 Å². The van der Waals surface area contributed by atoms with Gasteiger partial charge < -0.3 is 10.0 Å². The number of carbonyl (C=O) groups is 1. The SMILES string of the molecule is CN(Cc1ccc(F)cc1)C(=O)CCO. The van der Waals surface area contributed by atoms with Gasteiger partial charge >= 0.3 is 0 Å². The molecule has 1 rings (SSSR count). The average molecular weight is 211 g/mol. The highest BCUT2D eigenvalue weighted by Gasteiger charge is 2.07. The van der Waals surface area contributed by atoms with E-state index in [1.165, 1.54) is 17.0 Å². The van der Waals surface area contributed by atoms with Gasteiger partial charge in [0.2, 0.25) is 5.91 Å². The maximum absolute atomic E-state index is 12.6. The van der Waals surface area contributed by atoms with Crippen LogP contribution in [0.1, 0.15) is 12.0 Å². The Kier molecular flexibility index (Phi) is 4.24. The highest BCUT2D eigenvalue weighted by Crippen LogP contribution is 2.06. The lowest BCUT2D eigenvalue weighted by Gasteiger charge is -2.16. The van der Waals surface area contributed by atoms with Gasteiger partial charge in [0.05, 0.1) is 6.61 Å². The van der Waals surface area contributed by atoms with Crippen molar-refractivity contribution >= 4 is 5.91 Å². The second-order valence-corrected chi connectivity index (χ2v) is 3.35. The number of halogens is 1. The summed E-state index contributed by atoms with van der Waals surface area (Å²) in [6, 6.07) is 6.00. The van der Waals surface area contributed by atoms with Gasteiger partial charge in [-0.1, -0.05) is 12.1 Å². The van der Waals surface area contributed by atoms with E-state index in [0.717, 1.165) is 5.56 Å². The molecule has 15 heavy (non-hydrogen) atoms. The molecule has 0 aromatic heterocycles. The lowest BCUT2D eigenvalue weighted by atomic mass is 10.2. The van der Waals surface area contributed by atoms with Crippen LogP contribution in [-0.4, -0.2) is 29.6 Å². The molecule has 1 aromatic carbocycles. The van der Waals surface area contributed by atoms with Crippen LogP contribution in [0.2, 0.25) is 0 Å². The molecule has 3 nitrogen and oxygen atoms in total. The first-order valence-corrected chi connectivity index (χ1v) is 4.72. The Labute approximate surface area is 88.1 Å². The first kappa shape index (κ1) is 11.7. The van der Waals surface area contributed by atoms with Gasteiger partial charge in [0.1, 0.15) is 5.82 Å². The van der Waals surface area contributed by atoms with Crippen LogP contribution in [0.15, 0.2) is 24.3 Å². The van der Waals surface area contributed by atoms with Crippen LogP contribution in [0.3, 0.4) is 0 Å². The molecule has 0 aliphatic rings. The van der Waals surface area contributed by atoms with Gasteiger partial charge in [0.25, 0.3) is 0 Å².